The van der Waals surface area contributed by atoms with E-state index in [-0.39, 0.29) is 17.7 Å². The van der Waals surface area contributed by atoms with E-state index >= 15 is 0 Å². The molecule has 19 heavy (non-hydrogen) atoms. The lowest BCUT2D eigenvalue weighted by molar-refractivity contribution is -0.127. The number of hydrogen-bond acceptors (Lipinski definition) is 2. The van der Waals surface area contributed by atoms with E-state index in [2.05, 4.69) is 0 Å². The minimum atomic E-state index is 0.00704. The number of Topliss-reactive ketones (excluding diaryl/α,β-unsaturated/α-hetero) is 1. The highest BCUT2D eigenvalue weighted by molar-refractivity contribution is 5.92. The molecule has 0 aromatic heterocycles. The maximum absolute atomic E-state index is 12.1. The van der Waals surface area contributed by atoms with Crippen molar-refractivity contribution in [3.8, 4) is 0 Å². The normalized spacial score (nSPS) is 19.0. The first-order valence-corrected chi connectivity index (χ1v) is 6.70. The SMILES string of the molecule is CC(=O)C[C@@H]1CCCN1C(=O)/C=C\c1ccccc1. The van der Waals surface area contributed by atoms with Crippen LogP contribution in [0.25, 0.3) is 6.08 Å². The van der Waals surface area contributed by atoms with Gasteiger partial charge in [0.05, 0.1) is 0 Å². The van der Waals surface area contributed by atoms with Crippen LogP contribution in [-0.4, -0.2) is 29.2 Å². The van der Waals surface area contributed by atoms with Crippen LogP contribution in [0.3, 0.4) is 0 Å². The highest BCUT2D eigenvalue weighted by Crippen LogP contribution is 2.21. The molecule has 0 bridgehead atoms. The van der Waals surface area contributed by atoms with Crippen LogP contribution < -0.4 is 0 Å². The first-order valence-electron chi connectivity index (χ1n) is 6.70. The minimum absolute atomic E-state index is 0.00704. The summed E-state index contributed by atoms with van der Waals surface area (Å²) in [5.74, 6) is 0.157. The van der Waals surface area contributed by atoms with E-state index in [1.54, 1.807) is 13.0 Å². The van der Waals surface area contributed by atoms with E-state index in [0.717, 1.165) is 24.9 Å². The van der Waals surface area contributed by atoms with Gasteiger partial charge in [-0.2, -0.15) is 0 Å². The third kappa shape index (κ3) is 3.78. The van der Waals surface area contributed by atoms with Crippen LogP contribution in [0, 0.1) is 0 Å². The topological polar surface area (TPSA) is 37.4 Å². The van der Waals surface area contributed by atoms with Crippen LogP contribution in [0.5, 0.6) is 0 Å². The fourth-order valence-corrected chi connectivity index (χ4v) is 2.50. The summed E-state index contributed by atoms with van der Waals surface area (Å²) in [7, 11) is 0. The van der Waals surface area contributed by atoms with Crippen molar-refractivity contribution in [2.45, 2.75) is 32.2 Å². The molecule has 0 unspecified atom stereocenters. The summed E-state index contributed by atoms with van der Waals surface area (Å²) in [5, 5.41) is 0. The lowest BCUT2D eigenvalue weighted by atomic mass is 10.1. The van der Waals surface area contributed by atoms with Gasteiger partial charge in [0.2, 0.25) is 5.91 Å². The lowest BCUT2D eigenvalue weighted by Gasteiger charge is -2.22. The van der Waals surface area contributed by atoms with E-state index in [1.807, 2.05) is 41.3 Å². The van der Waals surface area contributed by atoms with Crippen molar-refractivity contribution in [1.29, 1.82) is 0 Å². The molecule has 1 aromatic rings. The molecule has 1 saturated heterocycles. The number of rotatable bonds is 4. The Morgan fingerprint density at radius 2 is 2.05 bits per heavy atom. The number of benzene rings is 1. The van der Waals surface area contributed by atoms with Gasteiger partial charge in [0.25, 0.3) is 0 Å². The fraction of sp³-hybridized carbons (Fsp3) is 0.375. The standard InChI is InChI=1S/C16H19NO2/c1-13(18)12-15-8-5-11-17(15)16(19)10-9-14-6-3-2-4-7-14/h2-4,6-7,9-10,15H,5,8,11-12H2,1H3/b10-9-/t15-/m0/s1. The summed E-state index contributed by atoms with van der Waals surface area (Å²) < 4.78 is 0. The Morgan fingerprint density at radius 1 is 1.32 bits per heavy atom. The van der Waals surface area contributed by atoms with Gasteiger partial charge in [0.15, 0.2) is 0 Å². The van der Waals surface area contributed by atoms with Crippen LogP contribution in [0.4, 0.5) is 0 Å². The molecule has 3 heteroatoms. The van der Waals surface area contributed by atoms with Crippen LogP contribution in [0.1, 0.15) is 31.7 Å². The summed E-state index contributed by atoms with van der Waals surface area (Å²) in [6, 6.07) is 9.84. The van der Waals surface area contributed by atoms with Crippen molar-refractivity contribution in [2.24, 2.45) is 0 Å². The molecular weight excluding hydrogens is 238 g/mol. The number of nitrogens with zero attached hydrogens (tertiary/aromatic N) is 1. The fourth-order valence-electron chi connectivity index (χ4n) is 2.50. The molecule has 1 fully saturated rings. The highest BCUT2D eigenvalue weighted by atomic mass is 16.2. The molecular formula is C16H19NO2. The molecule has 0 N–H and O–H groups in total. The lowest BCUT2D eigenvalue weighted by Crippen LogP contribution is -2.35. The summed E-state index contributed by atoms with van der Waals surface area (Å²) in [6.07, 6.45) is 5.83. The number of hydrogen-bond donors (Lipinski definition) is 0. The van der Waals surface area contributed by atoms with Crippen molar-refractivity contribution < 1.29 is 9.59 Å². The second kappa shape index (κ2) is 6.32. The Hall–Kier alpha value is -1.90. The van der Waals surface area contributed by atoms with Crippen molar-refractivity contribution in [3.63, 3.8) is 0 Å². The number of likely N-dealkylation sites (tertiary alicyclic amines) is 1. The number of amides is 1. The molecule has 2 rings (SSSR count). The highest BCUT2D eigenvalue weighted by Gasteiger charge is 2.28. The predicted molar refractivity (Wildman–Crippen MR) is 75.5 cm³/mol. The third-order valence-electron chi connectivity index (χ3n) is 3.40. The number of carbonyl (C=O) groups excluding carboxylic acids is 2. The van der Waals surface area contributed by atoms with Gasteiger partial charge in [-0.3, -0.25) is 9.59 Å². The maximum atomic E-state index is 12.1. The molecule has 0 saturated carbocycles. The zero-order chi connectivity index (χ0) is 13.7. The average molecular weight is 257 g/mol. The predicted octanol–water partition coefficient (Wildman–Crippen LogP) is 2.67. The Bertz CT molecular complexity index is 479. The van der Waals surface area contributed by atoms with Gasteiger partial charge in [-0.15, -0.1) is 0 Å². The monoisotopic (exact) mass is 257 g/mol. The Balaban J connectivity index is 1.99. The van der Waals surface area contributed by atoms with E-state index in [1.165, 1.54) is 0 Å². The molecule has 1 amide bonds. The number of ketones is 1. The van der Waals surface area contributed by atoms with Gasteiger partial charge in [-0.1, -0.05) is 30.3 Å². The van der Waals surface area contributed by atoms with Crippen molar-refractivity contribution in [2.75, 3.05) is 6.54 Å². The van der Waals surface area contributed by atoms with E-state index in [4.69, 9.17) is 0 Å². The second-order valence-electron chi connectivity index (χ2n) is 4.98. The summed E-state index contributed by atoms with van der Waals surface area (Å²) in [4.78, 5) is 25.1. The first-order chi connectivity index (χ1) is 9.16. The summed E-state index contributed by atoms with van der Waals surface area (Å²) >= 11 is 0. The van der Waals surface area contributed by atoms with Crippen LogP contribution in [0.2, 0.25) is 0 Å². The molecule has 0 spiro atoms. The van der Waals surface area contributed by atoms with Gasteiger partial charge >= 0.3 is 0 Å². The third-order valence-corrected chi connectivity index (χ3v) is 3.40. The zero-order valence-electron chi connectivity index (χ0n) is 11.2. The van der Waals surface area contributed by atoms with Crippen LogP contribution in [0.15, 0.2) is 36.4 Å². The van der Waals surface area contributed by atoms with Gasteiger partial charge in [-0.25, -0.2) is 0 Å². The Labute approximate surface area is 113 Å². The van der Waals surface area contributed by atoms with E-state index in [9.17, 15) is 9.59 Å². The molecule has 0 radical (unpaired) electrons. The summed E-state index contributed by atoms with van der Waals surface area (Å²) in [5.41, 5.74) is 1.01. The second-order valence-corrected chi connectivity index (χ2v) is 4.98. The smallest absolute Gasteiger partial charge is 0.246 e. The van der Waals surface area contributed by atoms with Crippen LogP contribution in [-0.2, 0) is 9.59 Å². The molecule has 1 aliphatic heterocycles. The zero-order valence-corrected chi connectivity index (χ0v) is 11.2. The Morgan fingerprint density at radius 3 is 2.74 bits per heavy atom. The van der Waals surface area contributed by atoms with Crippen LogP contribution >= 0.6 is 0 Å². The molecule has 100 valence electrons. The molecule has 1 aromatic carbocycles. The molecule has 1 aliphatic rings. The van der Waals surface area contributed by atoms with Gasteiger partial charge in [0, 0.05) is 25.1 Å². The summed E-state index contributed by atoms with van der Waals surface area (Å²) in [6.45, 7) is 2.34. The van der Waals surface area contributed by atoms with Gasteiger partial charge in [-0.05, 0) is 31.4 Å². The quantitative estimate of drug-likeness (QED) is 0.778. The minimum Gasteiger partial charge on any atom is -0.336 e. The van der Waals surface area contributed by atoms with Crippen molar-refractivity contribution >= 4 is 17.8 Å². The van der Waals surface area contributed by atoms with Gasteiger partial charge < -0.3 is 4.90 Å². The van der Waals surface area contributed by atoms with E-state index in [0.29, 0.717) is 6.42 Å². The molecule has 0 aliphatic carbocycles. The van der Waals surface area contributed by atoms with Gasteiger partial charge in [0.1, 0.15) is 5.78 Å². The number of carbonyl (C=O) groups is 2. The average Bonchev–Trinajstić information content (AvgIpc) is 2.84. The molecule has 3 nitrogen and oxygen atoms in total. The molecule has 1 atom stereocenters. The molecule has 1 heterocycles. The van der Waals surface area contributed by atoms with Crippen molar-refractivity contribution in [1.82, 2.24) is 4.90 Å². The van der Waals surface area contributed by atoms with Crippen molar-refractivity contribution in [3.05, 3.63) is 42.0 Å². The first kappa shape index (κ1) is 13.5. The largest absolute Gasteiger partial charge is 0.336 e. The Kier molecular flexibility index (Phi) is 4.50. The maximum Gasteiger partial charge on any atom is 0.246 e. The van der Waals surface area contributed by atoms with E-state index < -0.39 is 0 Å².